The van der Waals surface area contributed by atoms with Gasteiger partial charge in [0.05, 0.1) is 0 Å². The van der Waals surface area contributed by atoms with Gasteiger partial charge in [-0.3, -0.25) is 0 Å². The minimum absolute atomic E-state index is 0.259. The third kappa shape index (κ3) is 4.15. The van der Waals surface area contributed by atoms with E-state index in [9.17, 15) is 9.90 Å². The van der Waals surface area contributed by atoms with E-state index in [1.54, 1.807) is 48.5 Å². The lowest BCUT2D eigenvalue weighted by molar-refractivity contribution is -0.145. The molecule has 0 aliphatic rings. The van der Waals surface area contributed by atoms with Crippen LogP contribution in [0.3, 0.4) is 0 Å². The van der Waals surface area contributed by atoms with Gasteiger partial charge in [-0.1, -0.05) is 35.3 Å². The number of carboxylic acid groups (broad SMARTS) is 1. The van der Waals surface area contributed by atoms with Crippen molar-refractivity contribution < 1.29 is 14.6 Å². The molecular formula is C15H12Cl2O3. The van der Waals surface area contributed by atoms with E-state index in [2.05, 4.69) is 0 Å². The summed E-state index contributed by atoms with van der Waals surface area (Å²) in [5.74, 6) is -0.550. The Morgan fingerprint density at radius 2 is 1.50 bits per heavy atom. The average Bonchev–Trinajstić information content (AvgIpc) is 2.42. The summed E-state index contributed by atoms with van der Waals surface area (Å²) in [4.78, 5) is 11.3. The number of halogens is 2. The van der Waals surface area contributed by atoms with Gasteiger partial charge < -0.3 is 9.84 Å². The third-order valence-electron chi connectivity index (χ3n) is 2.70. The summed E-state index contributed by atoms with van der Waals surface area (Å²) in [6, 6.07) is 13.6. The Morgan fingerprint density at radius 1 is 1.00 bits per heavy atom. The first kappa shape index (κ1) is 14.7. The quantitative estimate of drug-likeness (QED) is 0.905. The lowest BCUT2D eigenvalue weighted by Crippen LogP contribution is -2.29. The molecule has 3 nitrogen and oxygen atoms in total. The second-order valence-corrected chi connectivity index (χ2v) is 5.10. The van der Waals surface area contributed by atoms with Crippen LogP contribution in [0, 0.1) is 0 Å². The van der Waals surface area contributed by atoms with E-state index >= 15 is 0 Å². The van der Waals surface area contributed by atoms with Crippen LogP contribution >= 0.6 is 23.2 Å². The van der Waals surface area contributed by atoms with Crippen molar-refractivity contribution >= 4 is 29.2 Å². The molecule has 0 bridgehead atoms. The monoisotopic (exact) mass is 310 g/mol. The van der Waals surface area contributed by atoms with Crippen molar-refractivity contribution in [3.63, 3.8) is 0 Å². The van der Waals surface area contributed by atoms with E-state index in [0.717, 1.165) is 5.56 Å². The third-order valence-corrected chi connectivity index (χ3v) is 3.21. The molecule has 0 saturated carbocycles. The summed E-state index contributed by atoms with van der Waals surface area (Å²) in [6.45, 7) is 0. The fraction of sp³-hybridized carbons (Fsp3) is 0.133. The maximum atomic E-state index is 11.3. The molecule has 104 valence electrons. The number of benzene rings is 2. The maximum Gasteiger partial charge on any atom is 0.345 e. The molecule has 0 aromatic heterocycles. The van der Waals surface area contributed by atoms with E-state index < -0.39 is 12.1 Å². The van der Waals surface area contributed by atoms with Gasteiger partial charge in [-0.25, -0.2) is 4.79 Å². The molecule has 0 spiro atoms. The van der Waals surface area contributed by atoms with E-state index in [1.165, 1.54) is 0 Å². The molecule has 2 rings (SSSR count). The second kappa shape index (κ2) is 6.64. The number of rotatable bonds is 5. The van der Waals surface area contributed by atoms with Gasteiger partial charge in [0.15, 0.2) is 6.10 Å². The number of carboxylic acids is 1. The highest BCUT2D eigenvalue weighted by molar-refractivity contribution is 6.30. The largest absolute Gasteiger partial charge is 0.478 e. The Kier molecular flexibility index (Phi) is 4.88. The molecule has 0 aliphatic carbocycles. The molecule has 1 atom stereocenters. The molecule has 0 radical (unpaired) electrons. The summed E-state index contributed by atoms with van der Waals surface area (Å²) >= 11 is 11.6. The average molecular weight is 311 g/mol. The molecule has 0 aliphatic heterocycles. The van der Waals surface area contributed by atoms with Crippen LogP contribution in [0.4, 0.5) is 0 Å². The van der Waals surface area contributed by atoms with Gasteiger partial charge in [0, 0.05) is 16.5 Å². The van der Waals surface area contributed by atoms with E-state index in [1.807, 2.05) is 0 Å². The first-order valence-electron chi connectivity index (χ1n) is 5.94. The summed E-state index contributed by atoms with van der Waals surface area (Å²) in [5.41, 5.74) is 0.843. The molecule has 1 N–H and O–H groups in total. The first-order valence-corrected chi connectivity index (χ1v) is 6.69. The van der Waals surface area contributed by atoms with Gasteiger partial charge in [0.25, 0.3) is 0 Å². The molecule has 0 fully saturated rings. The highest BCUT2D eigenvalue weighted by atomic mass is 35.5. The standard InChI is InChI=1S/C15H12Cl2O3/c16-11-3-1-10(2-4-11)9-14(15(18)19)20-13-7-5-12(17)6-8-13/h1-8,14H,9H2,(H,18,19)/t14-/m1/s1. The summed E-state index contributed by atoms with van der Waals surface area (Å²) in [7, 11) is 0. The van der Waals surface area contributed by atoms with Crippen molar-refractivity contribution in [3.05, 3.63) is 64.1 Å². The van der Waals surface area contributed by atoms with Crippen LogP contribution in [-0.4, -0.2) is 17.2 Å². The van der Waals surface area contributed by atoms with Gasteiger partial charge in [-0.15, -0.1) is 0 Å². The summed E-state index contributed by atoms with van der Waals surface area (Å²) in [5, 5.41) is 10.4. The highest BCUT2D eigenvalue weighted by Crippen LogP contribution is 2.19. The zero-order valence-corrected chi connectivity index (χ0v) is 11.9. The number of ether oxygens (including phenoxy) is 1. The Bertz CT molecular complexity index is 532. The molecule has 0 amide bonds. The molecule has 0 saturated heterocycles. The van der Waals surface area contributed by atoms with Crippen LogP contribution < -0.4 is 4.74 Å². The van der Waals surface area contributed by atoms with Crippen LogP contribution in [0.2, 0.25) is 10.0 Å². The number of hydrogen-bond donors (Lipinski definition) is 1. The van der Waals surface area contributed by atoms with Gasteiger partial charge >= 0.3 is 5.97 Å². The van der Waals surface area contributed by atoms with Crippen molar-refractivity contribution in [3.8, 4) is 5.75 Å². The van der Waals surface area contributed by atoms with Crippen LogP contribution in [0.5, 0.6) is 5.75 Å². The fourth-order valence-corrected chi connectivity index (χ4v) is 1.94. The van der Waals surface area contributed by atoms with Gasteiger partial charge in [-0.05, 0) is 42.0 Å². The summed E-state index contributed by atoms with van der Waals surface area (Å²) < 4.78 is 5.47. The van der Waals surface area contributed by atoms with E-state index in [-0.39, 0.29) is 6.42 Å². The molecule has 5 heteroatoms. The molecule has 0 unspecified atom stereocenters. The Balaban J connectivity index is 2.09. The number of aliphatic carboxylic acids is 1. The van der Waals surface area contributed by atoms with Crippen molar-refractivity contribution in [1.82, 2.24) is 0 Å². The normalized spacial score (nSPS) is 11.9. The lowest BCUT2D eigenvalue weighted by atomic mass is 10.1. The van der Waals surface area contributed by atoms with Crippen molar-refractivity contribution in [2.75, 3.05) is 0 Å². The SMILES string of the molecule is O=C(O)[C@@H](Cc1ccc(Cl)cc1)Oc1ccc(Cl)cc1. The number of carbonyl (C=O) groups is 1. The Hall–Kier alpha value is -1.71. The molecule has 2 aromatic carbocycles. The van der Waals surface area contributed by atoms with Crippen LogP contribution in [0.15, 0.2) is 48.5 Å². The van der Waals surface area contributed by atoms with Crippen LogP contribution in [0.1, 0.15) is 5.56 Å². The molecule has 0 heterocycles. The van der Waals surface area contributed by atoms with Crippen molar-refractivity contribution in [2.45, 2.75) is 12.5 Å². The predicted molar refractivity (Wildman–Crippen MR) is 78.7 cm³/mol. The fourth-order valence-electron chi connectivity index (χ4n) is 1.69. The molecule has 20 heavy (non-hydrogen) atoms. The predicted octanol–water partition coefficient (Wildman–Crippen LogP) is 4.07. The smallest absolute Gasteiger partial charge is 0.345 e. The summed E-state index contributed by atoms with van der Waals surface area (Å²) in [6.07, 6.45) is -0.702. The zero-order valence-electron chi connectivity index (χ0n) is 10.4. The van der Waals surface area contributed by atoms with Crippen LogP contribution in [0.25, 0.3) is 0 Å². The minimum atomic E-state index is -1.02. The van der Waals surface area contributed by atoms with E-state index in [0.29, 0.717) is 15.8 Å². The van der Waals surface area contributed by atoms with Gasteiger partial charge in [-0.2, -0.15) is 0 Å². The highest BCUT2D eigenvalue weighted by Gasteiger charge is 2.20. The molecule has 2 aromatic rings. The topological polar surface area (TPSA) is 46.5 Å². The number of hydrogen-bond acceptors (Lipinski definition) is 2. The maximum absolute atomic E-state index is 11.3. The van der Waals surface area contributed by atoms with E-state index in [4.69, 9.17) is 27.9 Å². The van der Waals surface area contributed by atoms with Crippen LogP contribution in [-0.2, 0) is 11.2 Å². The molecular weight excluding hydrogens is 299 g/mol. The Morgan fingerprint density at radius 3 is 2.00 bits per heavy atom. The van der Waals surface area contributed by atoms with Gasteiger partial charge in [0.1, 0.15) is 5.75 Å². The second-order valence-electron chi connectivity index (χ2n) is 4.23. The lowest BCUT2D eigenvalue weighted by Gasteiger charge is -2.15. The van der Waals surface area contributed by atoms with Crippen molar-refractivity contribution in [2.24, 2.45) is 0 Å². The Labute approximate surface area is 126 Å². The van der Waals surface area contributed by atoms with Crippen molar-refractivity contribution in [1.29, 1.82) is 0 Å². The zero-order chi connectivity index (χ0) is 14.5. The first-order chi connectivity index (χ1) is 9.54. The minimum Gasteiger partial charge on any atom is -0.478 e. The van der Waals surface area contributed by atoms with Gasteiger partial charge in [0.2, 0.25) is 0 Å².